The topological polar surface area (TPSA) is 307 Å². The molecule has 3 aliphatic heterocycles. The summed E-state index contributed by atoms with van der Waals surface area (Å²) in [4.78, 5) is 13.4. The summed E-state index contributed by atoms with van der Waals surface area (Å²) >= 11 is 0. The highest BCUT2D eigenvalue weighted by Gasteiger charge is 2.53. The number of hydrogen-bond acceptors (Lipinski definition) is 18. The Balaban J connectivity index is 1.47. The van der Waals surface area contributed by atoms with Gasteiger partial charge in [-0.1, -0.05) is 203 Å². The molecule has 3 heterocycles. The summed E-state index contributed by atoms with van der Waals surface area (Å²) in [5.41, 5.74) is 0. The summed E-state index contributed by atoms with van der Waals surface area (Å²) in [6, 6.07) is -0.999. The van der Waals surface area contributed by atoms with Gasteiger partial charge in [-0.2, -0.15) is 0 Å². The fraction of sp³-hybridized carbons (Fsp3) is 0.836. The Bertz CT molecular complexity index is 1800. The highest BCUT2D eigenvalue weighted by molar-refractivity contribution is 5.76. The molecule has 3 rings (SSSR count). The number of nitrogens with one attached hydrogen (secondary N) is 1. The lowest BCUT2D eigenvalue weighted by Crippen LogP contribution is -2.66. The first-order chi connectivity index (χ1) is 41.8. The van der Waals surface area contributed by atoms with E-state index in [0.29, 0.717) is 12.8 Å². The SMILES string of the molecule is CCCCCCC/C=C\C/C=C\CCCCCCCCCCCCCC(=O)NC(COC1OC(CO)C(OC2OC(CO)C(OC3OC(CO)C(O)C(O)C3O)C(O)C2O)C(O)C1O)C(O)/C=C/CC/C=C/CC/C=C/CCCCCCCCCC. The molecule has 12 N–H and O–H groups in total. The molecular formula is C67H119NO18. The minimum atomic E-state index is -1.98. The van der Waals surface area contributed by atoms with Gasteiger partial charge in [0, 0.05) is 6.42 Å². The van der Waals surface area contributed by atoms with Crippen molar-refractivity contribution in [2.24, 2.45) is 0 Å². The average molecular weight is 1230 g/mol. The number of hydrogen-bond donors (Lipinski definition) is 12. The van der Waals surface area contributed by atoms with Crippen LogP contribution in [0.25, 0.3) is 0 Å². The molecule has 0 aromatic heterocycles. The summed E-state index contributed by atoms with van der Waals surface area (Å²) < 4.78 is 34.3. The van der Waals surface area contributed by atoms with Gasteiger partial charge in [0.1, 0.15) is 73.2 Å². The van der Waals surface area contributed by atoms with Gasteiger partial charge in [0.15, 0.2) is 18.9 Å². The second kappa shape index (κ2) is 49.2. The molecule has 1 amide bonds. The van der Waals surface area contributed by atoms with Crippen LogP contribution in [0, 0.1) is 0 Å². The summed E-state index contributed by atoms with van der Waals surface area (Å²) in [5.74, 6) is -0.293. The van der Waals surface area contributed by atoms with Gasteiger partial charge in [-0.05, 0) is 77.0 Å². The Kier molecular flexibility index (Phi) is 44.5. The van der Waals surface area contributed by atoms with Crippen LogP contribution in [0.4, 0.5) is 0 Å². The van der Waals surface area contributed by atoms with Crippen LogP contribution < -0.4 is 5.32 Å². The fourth-order valence-corrected chi connectivity index (χ4v) is 11.0. The highest BCUT2D eigenvalue weighted by Crippen LogP contribution is 2.33. The van der Waals surface area contributed by atoms with E-state index in [1.807, 2.05) is 6.08 Å². The van der Waals surface area contributed by atoms with E-state index in [1.54, 1.807) is 6.08 Å². The van der Waals surface area contributed by atoms with Gasteiger partial charge in [-0.25, -0.2) is 0 Å². The van der Waals surface area contributed by atoms with Gasteiger partial charge < -0.3 is 89.9 Å². The molecule has 3 aliphatic rings. The first kappa shape index (κ1) is 77.7. The van der Waals surface area contributed by atoms with Crippen LogP contribution >= 0.6 is 0 Å². The van der Waals surface area contributed by atoms with Gasteiger partial charge in [0.05, 0.1) is 38.6 Å². The molecule has 19 heteroatoms. The molecule has 0 aromatic carbocycles. The Morgan fingerprint density at radius 3 is 1.23 bits per heavy atom. The molecule has 86 heavy (non-hydrogen) atoms. The van der Waals surface area contributed by atoms with E-state index in [-0.39, 0.29) is 18.9 Å². The third-order valence-electron chi connectivity index (χ3n) is 16.5. The zero-order valence-corrected chi connectivity index (χ0v) is 52.5. The first-order valence-corrected chi connectivity index (χ1v) is 33.5. The quantitative estimate of drug-likeness (QED) is 0.0203. The van der Waals surface area contributed by atoms with E-state index in [0.717, 1.165) is 64.2 Å². The number of carbonyl (C=O) groups excluding carboxylic acids is 1. The molecule has 0 spiro atoms. The number of ether oxygens (including phenoxy) is 6. The molecule has 500 valence electrons. The molecule has 0 aromatic rings. The van der Waals surface area contributed by atoms with E-state index in [9.17, 15) is 61.0 Å². The van der Waals surface area contributed by atoms with Crippen LogP contribution in [0.5, 0.6) is 0 Å². The van der Waals surface area contributed by atoms with Gasteiger partial charge in [-0.15, -0.1) is 0 Å². The lowest BCUT2D eigenvalue weighted by atomic mass is 9.96. The van der Waals surface area contributed by atoms with Crippen molar-refractivity contribution in [3.05, 3.63) is 60.8 Å². The molecular weight excluding hydrogens is 1110 g/mol. The lowest BCUT2D eigenvalue weighted by molar-refractivity contribution is -0.379. The Morgan fingerprint density at radius 2 is 0.779 bits per heavy atom. The van der Waals surface area contributed by atoms with Gasteiger partial charge in [-0.3, -0.25) is 4.79 Å². The van der Waals surface area contributed by atoms with Gasteiger partial charge in [0.25, 0.3) is 0 Å². The lowest BCUT2D eigenvalue weighted by Gasteiger charge is -2.48. The minimum absolute atomic E-state index is 0.228. The van der Waals surface area contributed by atoms with Crippen molar-refractivity contribution in [2.75, 3.05) is 26.4 Å². The molecule has 3 fully saturated rings. The predicted molar refractivity (Wildman–Crippen MR) is 332 cm³/mol. The van der Waals surface area contributed by atoms with Crippen molar-refractivity contribution >= 4 is 5.91 Å². The van der Waals surface area contributed by atoms with Crippen LogP contribution in [0.15, 0.2) is 60.8 Å². The maximum Gasteiger partial charge on any atom is 0.220 e. The molecule has 0 bridgehead atoms. The number of aliphatic hydroxyl groups is 11. The van der Waals surface area contributed by atoms with Crippen LogP contribution in [0.3, 0.4) is 0 Å². The van der Waals surface area contributed by atoms with Crippen molar-refractivity contribution in [1.82, 2.24) is 5.32 Å². The standard InChI is InChI=1S/C67H119NO18/c1-3-5-7-9-11-13-15-17-19-21-23-24-25-26-27-29-31-33-35-37-39-41-43-45-55(73)68-50(51(72)44-42-40-38-36-34-32-30-28-22-20-18-16-14-12-10-8-6-4-2)49-81-65-61(79)58(76)63(53(47-70)83-65)86-67-62(80)59(77)64(54(48-71)84-67)85-66-60(78)57(75)56(74)52(46-69)82-66/h15,17,21-23,28,34,36,42,44,50-54,56-67,69-72,74-80H,3-14,16,18-20,24-27,29-33,35,37-41,43,45-49H2,1-2H3,(H,68,73)/b17-15-,23-21-,28-22+,36-34+,44-42+. The average Bonchev–Trinajstić information content (AvgIpc) is 1.83. The molecule has 0 radical (unpaired) electrons. The van der Waals surface area contributed by atoms with E-state index < -0.39 is 124 Å². The van der Waals surface area contributed by atoms with Gasteiger partial charge >= 0.3 is 0 Å². The minimum Gasteiger partial charge on any atom is -0.394 e. The maximum atomic E-state index is 13.4. The Labute approximate surface area is 515 Å². The molecule has 17 atom stereocenters. The van der Waals surface area contributed by atoms with Crippen LogP contribution in [0.2, 0.25) is 0 Å². The fourth-order valence-electron chi connectivity index (χ4n) is 11.0. The van der Waals surface area contributed by atoms with Crippen LogP contribution in [-0.2, 0) is 33.2 Å². The zero-order valence-electron chi connectivity index (χ0n) is 52.5. The number of unbranched alkanes of at least 4 members (excludes halogenated alkanes) is 26. The van der Waals surface area contributed by atoms with Crippen molar-refractivity contribution in [1.29, 1.82) is 0 Å². The third-order valence-corrected chi connectivity index (χ3v) is 16.5. The summed E-state index contributed by atoms with van der Waals surface area (Å²) in [6.45, 7) is 1.69. The molecule has 0 saturated carbocycles. The van der Waals surface area contributed by atoms with Crippen molar-refractivity contribution in [3.8, 4) is 0 Å². The summed E-state index contributed by atoms with van der Waals surface area (Å²) in [5, 5.41) is 120. The summed E-state index contributed by atoms with van der Waals surface area (Å²) in [6.07, 6.45) is 31.9. The summed E-state index contributed by atoms with van der Waals surface area (Å²) in [7, 11) is 0. The molecule has 0 aliphatic carbocycles. The van der Waals surface area contributed by atoms with Crippen molar-refractivity contribution < 1.29 is 89.4 Å². The Morgan fingerprint density at radius 1 is 0.419 bits per heavy atom. The number of amides is 1. The van der Waals surface area contributed by atoms with Crippen LogP contribution in [-0.4, -0.2) is 193 Å². The molecule has 17 unspecified atom stereocenters. The van der Waals surface area contributed by atoms with Crippen molar-refractivity contribution in [3.63, 3.8) is 0 Å². The second-order valence-electron chi connectivity index (χ2n) is 23.9. The van der Waals surface area contributed by atoms with E-state index in [2.05, 4.69) is 67.8 Å². The number of rotatable bonds is 50. The highest BCUT2D eigenvalue weighted by atomic mass is 16.8. The van der Waals surface area contributed by atoms with Gasteiger partial charge in [0.2, 0.25) is 5.91 Å². The smallest absolute Gasteiger partial charge is 0.220 e. The Hall–Kier alpha value is -2.51. The van der Waals surface area contributed by atoms with Crippen molar-refractivity contribution in [2.45, 2.75) is 330 Å². The number of allylic oxidation sites excluding steroid dienone is 9. The number of aliphatic hydroxyl groups excluding tert-OH is 11. The second-order valence-corrected chi connectivity index (χ2v) is 23.9. The maximum absolute atomic E-state index is 13.4. The number of carbonyl (C=O) groups is 1. The predicted octanol–water partition coefficient (Wildman–Crippen LogP) is 7.99. The zero-order chi connectivity index (χ0) is 62.6. The largest absolute Gasteiger partial charge is 0.394 e. The monoisotopic (exact) mass is 1230 g/mol. The van der Waals surface area contributed by atoms with E-state index in [4.69, 9.17) is 28.4 Å². The molecule has 19 nitrogen and oxygen atoms in total. The first-order valence-electron chi connectivity index (χ1n) is 33.5. The van der Waals surface area contributed by atoms with E-state index >= 15 is 0 Å². The molecule has 3 saturated heterocycles. The third kappa shape index (κ3) is 31.5. The van der Waals surface area contributed by atoms with E-state index in [1.165, 1.54) is 128 Å². The normalized spacial score (nSPS) is 29.2. The van der Waals surface area contributed by atoms with Crippen LogP contribution in [0.1, 0.15) is 226 Å².